The molecule has 0 atom stereocenters. The lowest BCUT2D eigenvalue weighted by Crippen LogP contribution is -2.21. The third-order valence-electron chi connectivity index (χ3n) is 3.79. The van der Waals surface area contributed by atoms with Crippen LogP contribution in [-0.2, 0) is 12.8 Å². The van der Waals surface area contributed by atoms with Crippen molar-refractivity contribution in [1.82, 2.24) is 10.2 Å². The number of hydrogen-bond acceptors (Lipinski definition) is 2. The van der Waals surface area contributed by atoms with Crippen molar-refractivity contribution in [3.05, 3.63) is 53.0 Å². The minimum absolute atomic E-state index is 0.978. The topological polar surface area (TPSA) is 15.3 Å². The van der Waals surface area contributed by atoms with E-state index in [4.69, 9.17) is 6.42 Å². The predicted octanol–water partition coefficient (Wildman–Crippen LogP) is 2.69. The highest BCUT2D eigenvalue weighted by molar-refractivity contribution is 5.40. The second-order valence-corrected chi connectivity index (χ2v) is 5.02. The zero-order valence-corrected chi connectivity index (χ0v) is 12.2. The molecule has 0 aromatic heterocycles. The highest BCUT2D eigenvalue weighted by Gasteiger charge is 2.14. The summed E-state index contributed by atoms with van der Waals surface area (Å²) in [5, 5.41) is 3.29. The van der Waals surface area contributed by atoms with Crippen LogP contribution in [0.25, 0.3) is 0 Å². The van der Waals surface area contributed by atoms with E-state index in [1.54, 1.807) is 0 Å². The van der Waals surface area contributed by atoms with Gasteiger partial charge in [0.05, 0.1) is 0 Å². The van der Waals surface area contributed by atoms with Crippen molar-refractivity contribution in [1.29, 1.82) is 0 Å². The molecule has 1 heterocycles. The lowest BCUT2D eigenvalue weighted by Gasteiger charge is -2.17. The molecule has 2 rings (SSSR count). The third kappa shape index (κ3) is 3.26. The van der Waals surface area contributed by atoms with Crippen LogP contribution < -0.4 is 5.32 Å². The smallest absolute Gasteiger partial charge is 0.146 e. The average molecular weight is 266 g/mol. The minimum Gasteiger partial charge on any atom is -0.363 e. The molecule has 1 N–H and O–H groups in total. The zero-order valence-electron chi connectivity index (χ0n) is 12.2. The quantitative estimate of drug-likeness (QED) is 0.651. The Kier molecular flexibility index (Phi) is 4.93. The van der Waals surface area contributed by atoms with Gasteiger partial charge in [0.1, 0.15) is 5.82 Å². The molecule has 0 aliphatic carbocycles. The van der Waals surface area contributed by atoms with Crippen molar-refractivity contribution >= 4 is 0 Å². The molecule has 1 aromatic rings. The zero-order chi connectivity index (χ0) is 14.4. The van der Waals surface area contributed by atoms with Crippen molar-refractivity contribution in [3.63, 3.8) is 0 Å². The molecule has 1 aliphatic heterocycles. The van der Waals surface area contributed by atoms with E-state index in [1.807, 2.05) is 6.07 Å². The second-order valence-electron chi connectivity index (χ2n) is 5.02. The summed E-state index contributed by atoms with van der Waals surface area (Å²) < 4.78 is 0. The molecule has 2 heteroatoms. The summed E-state index contributed by atoms with van der Waals surface area (Å²) in [6.45, 7) is 8.99. The summed E-state index contributed by atoms with van der Waals surface area (Å²) in [6.07, 6.45) is 8.72. The third-order valence-corrected chi connectivity index (χ3v) is 3.79. The van der Waals surface area contributed by atoms with Gasteiger partial charge in [0, 0.05) is 25.2 Å². The van der Waals surface area contributed by atoms with Crippen molar-refractivity contribution in [2.45, 2.75) is 26.2 Å². The summed E-state index contributed by atoms with van der Waals surface area (Å²) in [7, 11) is 0. The summed E-state index contributed by atoms with van der Waals surface area (Å²) in [4.78, 5) is 2.31. The molecule has 1 saturated heterocycles. The molecule has 0 radical (unpaired) electrons. The number of rotatable bonds is 5. The molecule has 0 amide bonds. The average Bonchev–Trinajstić information content (AvgIpc) is 2.95. The molecule has 0 spiro atoms. The largest absolute Gasteiger partial charge is 0.363 e. The van der Waals surface area contributed by atoms with Crippen LogP contribution in [0.4, 0.5) is 0 Å². The minimum atomic E-state index is 0.978. The van der Waals surface area contributed by atoms with E-state index >= 15 is 0 Å². The maximum absolute atomic E-state index is 5.46. The van der Waals surface area contributed by atoms with Crippen LogP contribution >= 0.6 is 0 Å². The van der Waals surface area contributed by atoms with Crippen LogP contribution in [0.3, 0.4) is 0 Å². The van der Waals surface area contributed by atoms with Crippen molar-refractivity contribution in [3.8, 4) is 12.3 Å². The molecule has 20 heavy (non-hydrogen) atoms. The number of nitrogens with one attached hydrogen (secondary N) is 1. The van der Waals surface area contributed by atoms with E-state index in [2.05, 4.69) is 47.5 Å². The Hall–Kier alpha value is -2.10. The number of benzene rings is 1. The van der Waals surface area contributed by atoms with Gasteiger partial charge < -0.3 is 10.2 Å². The molecule has 0 saturated carbocycles. The normalized spacial score (nSPS) is 13.8. The lowest BCUT2D eigenvalue weighted by atomic mass is 9.98. The molecule has 0 bridgehead atoms. The van der Waals surface area contributed by atoms with Crippen LogP contribution in [0.15, 0.2) is 36.3 Å². The van der Waals surface area contributed by atoms with E-state index < -0.39 is 0 Å². The van der Waals surface area contributed by atoms with E-state index in [0.29, 0.717) is 0 Å². The van der Waals surface area contributed by atoms with Gasteiger partial charge in [-0.25, -0.2) is 0 Å². The SMILES string of the molecule is C#Cc1ccc(CCCN2CCNC2=C=C)c(CC)c1. The predicted molar refractivity (Wildman–Crippen MR) is 84.3 cm³/mol. The first-order valence-electron chi connectivity index (χ1n) is 7.25. The number of hydrogen-bond donors (Lipinski definition) is 1. The molecular formula is C18H22N2. The van der Waals surface area contributed by atoms with Gasteiger partial charge >= 0.3 is 0 Å². The van der Waals surface area contributed by atoms with Gasteiger partial charge in [-0.05, 0) is 42.5 Å². The Morgan fingerprint density at radius 2 is 2.25 bits per heavy atom. The molecule has 2 nitrogen and oxygen atoms in total. The van der Waals surface area contributed by atoms with Crippen LogP contribution in [0, 0.1) is 12.3 Å². The molecular weight excluding hydrogens is 244 g/mol. The van der Waals surface area contributed by atoms with Crippen LogP contribution in [0.5, 0.6) is 0 Å². The van der Waals surface area contributed by atoms with Gasteiger partial charge in [-0.15, -0.1) is 6.42 Å². The maximum Gasteiger partial charge on any atom is 0.146 e. The van der Waals surface area contributed by atoms with Gasteiger partial charge in [0.25, 0.3) is 0 Å². The highest BCUT2D eigenvalue weighted by atomic mass is 15.3. The van der Waals surface area contributed by atoms with Crippen LogP contribution in [0.1, 0.15) is 30.0 Å². The van der Waals surface area contributed by atoms with Crippen LogP contribution in [-0.4, -0.2) is 24.5 Å². The molecule has 0 unspecified atom stereocenters. The Morgan fingerprint density at radius 3 is 2.95 bits per heavy atom. The van der Waals surface area contributed by atoms with Crippen molar-refractivity contribution in [2.24, 2.45) is 0 Å². The van der Waals surface area contributed by atoms with Gasteiger partial charge in [0.15, 0.2) is 0 Å². The van der Waals surface area contributed by atoms with E-state index in [9.17, 15) is 0 Å². The summed E-state index contributed by atoms with van der Waals surface area (Å²) >= 11 is 0. The van der Waals surface area contributed by atoms with Crippen molar-refractivity contribution < 1.29 is 0 Å². The van der Waals surface area contributed by atoms with Crippen LogP contribution in [0.2, 0.25) is 0 Å². The fourth-order valence-corrected chi connectivity index (χ4v) is 2.68. The summed E-state index contributed by atoms with van der Waals surface area (Å²) in [6, 6.07) is 6.36. The first kappa shape index (κ1) is 14.3. The lowest BCUT2D eigenvalue weighted by molar-refractivity contribution is 0.388. The Labute approximate surface area is 122 Å². The molecule has 1 aliphatic rings. The Balaban J connectivity index is 1.94. The van der Waals surface area contributed by atoms with Gasteiger partial charge in [0.2, 0.25) is 0 Å². The number of aryl methyl sites for hydroxylation is 2. The summed E-state index contributed by atoms with van der Waals surface area (Å²) in [5.74, 6) is 3.75. The maximum atomic E-state index is 5.46. The number of nitrogens with zero attached hydrogens (tertiary/aromatic N) is 1. The Bertz CT molecular complexity index is 559. The standard InChI is InChI=1S/C18H22N2/c1-4-15-9-10-17(16(5-2)14-15)8-7-12-20-13-11-19-18(20)6-3/h1,9-10,14,19H,3,5,7-8,11-13H2,2H3. The van der Waals surface area contributed by atoms with Gasteiger partial charge in [-0.3, -0.25) is 0 Å². The monoisotopic (exact) mass is 266 g/mol. The van der Waals surface area contributed by atoms with Crippen molar-refractivity contribution in [2.75, 3.05) is 19.6 Å². The number of terminal acetylenes is 1. The van der Waals surface area contributed by atoms with E-state index in [0.717, 1.165) is 50.3 Å². The fourth-order valence-electron chi connectivity index (χ4n) is 2.68. The molecule has 1 fully saturated rings. The first-order chi connectivity index (χ1) is 9.78. The summed E-state index contributed by atoms with van der Waals surface area (Å²) in [5.41, 5.74) is 6.73. The molecule has 1 aromatic carbocycles. The fraction of sp³-hybridized carbons (Fsp3) is 0.389. The van der Waals surface area contributed by atoms with E-state index in [1.165, 1.54) is 11.1 Å². The first-order valence-corrected chi connectivity index (χ1v) is 7.25. The van der Waals surface area contributed by atoms with E-state index in [-0.39, 0.29) is 0 Å². The van der Waals surface area contributed by atoms with Gasteiger partial charge in [-0.1, -0.05) is 31.2 Å². The Morgan fingerprint density at radius 1 is 1.40 bits per heavy atom. The highest BCUT2D eigenvalue weighted by Crippen LogP contribution is 2.16. The molecule has 104 valence electrons. The van der Waals surface area contributed by atoms with Gasteiger partial charge in [-0.2, -0.15) is 0 Å². The second kappa shape index (κ2) is 6.89.